The van der Waals surface area contributed by atoms with Crippen LogP contribution >= 0.6 is 0 Å². The molecule has 0 radical (unpaired) electrons. The van der Waals surface area contributed by atoms with Gasteiger partial charge in [0.1, 0.15) is 5.75 Å². The highest BCUT2D eigenvalue weighted by atomic mass is 16.3. The normalized spacial score (nSPS) is 11.3. The molecule has 0 spiro atoms. The molecule has 5 heteroatoms. The van der Waals surface area contributed by atoms with Crippen molar-refractivity contribution in [3.63, 3.8) is 0 Å². The Morgan fingerprint density at radius 3 is 2.81 bits per heavy atom. The summed E-state index contributed by atoms with van der Waals surface area (Å²) in [4.78, 5) is 0. The molecule has 2 aromatic heterocycles. The highest BCUT2D eigenvalue weighted by molar-refractivity contribution is 5.83. The first-order chi connectivity index (χ1) is 7.79. The number of nitrogens with two attached hydrogens (primary N) is 1. The van der Waals surface area contributed by atoms with Gasteiger partial charge in [0.15, 0.2) is 11.5 Å². The van der Waals surface area contributed by atoms with Crippen molar-refractivity contribution in [3.8, 4) is 5.75 Å². The average Bonchev–Trinajstić information content (AvgIpc) is 2.72. The Bertz CT molecular complexity index is 674. The van der Waals surface area contributed by atoms with E-state index in [1.165, 1.54) is 0 Å². The van der Waals surface area contributed by atoms with Crippen molar-refractivity contribution in [2.24, 2.45) is 5.73 Å². The SMILES string of the molecule is NCc1nnc2ccc3ccc(O)cc3n12. The zero-order valence-corrected chi connectivity index (χ0v) is 8.46. The summed E-state index contributed by atoms with van der Waals surface area (Å²) in [7, 11) is 0. The molecule has 5 nitrogen and oxygen atoms in total. The number of hydrogen-bond donors (Lipinski definition) is 2. The Morgan fingerprint density at radius 2 is 2.00 bits per heavy atom. The maximum Gasteiger partial charge on any atom is 0.161 e. The summed E-state index contributed by atoms with van der Waals surface area (Å²) in [6.45, 7) is 0.315. The van der Waals surface area contributed by atoms with Crippen LogP contribution in [0, 0.1) is 0 Å². The number of phenols is 1. The Hall–Kier alpha value is -2.14. The van der Waals surface area contributed by atoms with E-state index in [4.69, 9.17) is 5.73 Å². The molecule has 0 atom stereocenters. The molecule has 3 aromatic rings. The third kappa shape index (κ3) is 1.15. The van der Waals surface area contributed by atoms with Crippen LogP contribution in [0.3, 0.4) is 0 Å². The first-order valence-corrected chi connectivity index (χ1v) is 4.95. The number of aromatic hydroxyl groups is 1. The first-order valence-electron chi connectivity index (χ1n) is 4.95. The van der Waals surface area contributed by atoms with Gasteiger partial charge in [0.05, 0.1) is 12.1 Å². The van der Waals surface area contributed by atoms with Crippen molar-refractivity contribution in [2.45, 2.75) is 6.54 Å². The number of pyridine rings is 1. The van der Waals surface area contributed by atoms with Crippen LogP contribution in [0.15, 0.2) is 30.3 Å². The summed E-state index contributed by atoms with van der Waals surface area (Å²) >= 11 is 0. The van der Waals surface area contributed by atoms with Gasteiger partial charge in [0.25, 0.3) is 0 Å². The molecule has 80 valence electrons. The average molecular weight is 214 g/mol. The quantitative estimate of drug-likeness (QED) is 0.634. The molecule has 0 fully saturated rings. The molecule has 0 amide bonds. The van der Waals surface area contributed by atoms with Crippen LogP contribution in [-0.4, -0.2) is 19.7 Å². The zero-order valence-electron chi connectivity index (χ0n) is 8.46. The molecule has 0 aliphatic rings. The van der Waals surface area contributed by atoms with E-state index in [1.807, 2.05) is 22.6 Å². The summed E-state index contributed by atoms with van der Waals surface area (Å²) in [5.74, 6) is 0.905. The number of hydrogen-bond acceptors (Lipinski definition) is 4. The van der Waals surface area contributed by atoms with Crippen molar-refractivity contribution >= 4 is 16.6 Å². The third-order valence-electron chi connectivity index (χ3n) is 2.60. The van der Waals surface area contributed by atoms with Crippen molar-refractivity contribution in [3.05, 3.63) is 36.2 Å². The second kappa shape index (κ2) is 3.18. The van der Waals surface area contributed by atoms with Crippen LogP contribution in [0.4, 0.5) is 0 Å². The van der Waals surface area contributed by atoms with E-state index in [0.29, 0.717) is 12.4 Å². The molecule has 1 aromatic carbocycles. The van der Waals surface area contributed by atoms with Gasteiger partial charge in [0, 0.05) is 6.07 Å². The lowest BCUT2D eigenvalue weighted by Gasteiger charge is -2.03. The summed E-state index contributed by atoms with van der Waals surface area (Å²) in [5, 5.41) is 18.5. The molecular weight excluding hydrogens is 204 g/mol. The lowest BCUT2D eigenvalue weighted by Crippen LogP contribution is -2.03. The van der Waals surface area contributed by atoms with Crippen LogP contribution < -0.4 is 5.73 Å². The molecule has 0 aliphatic heterocycles. The highest BCUT2D eigenvalue weighted by Crippen LogP contribution is 2.21. The largest absolute Gasteiger partial charge is 0.508 e. The van der Waals surface area contributed by atoms with Gasteiger partial charge >= 0.3 is 0 Å². The molecule has 0 unspecified atom stereocenters. The lowest BCUT2D eigenvalue weighted by molar-refractivity contribution is 0.476. The van der Waals surface area contributed by atoms with Gasteiger partial charge in [-0.2, -0.15) is 0 Å². The second-order valence-corrected chi connectivity index (χ2v) is 3.59. The summed E-state index contributed by atoms with van der Waals surface area (Å²) < 4.78 is 1.86. The summed E-state index contributed by atoms with van der Waals surface area (Å²) in [6, 6.07) is 9.01. The standard InChI is InChI=1S/C11H10N4O/c12-6-11-14-13-10-4-2-7-1-3-8(16)5-9(7)15(10)11/h1-5,16H,6,12H2. The Morgan fingerprint density at radius 1 is 1.19 bits per heavy atom. The number of aromatic nitrogens is 3. The van der Waals surface area contributed by atoms with E-state index in [0.717, 1.165) is 16.6 Å². The number of rotatable bonds is 1. The molecule has 3 N–H and O–H groups in total. The second-order valence-electron chi connectivity index (χ2n) is 3.59. The van der Waals surface area contributed by atoms with E-state index in [-0.39, 0.29) is 5.75 Å². The van der Waals surface area contributed by atoms with Gasteiger partial charge in [-0.05, 0) is 29.7 Å². The van der Waals surface area contributed by atoms with E-state index in [9.17, 15) is 5.11 Å². The first kappa shape index (κ1) is 9.11. The monoisotopic (exact) mass is 214 g/mol. The van der Waals surface area contributed by atoms with Crippen molar-refractivity contribution in [2.75, 3.05) is 0 Å². The van der Waals surface area contributed by atoms with Gasteiger partial charge in [-0.3, -0.25) is 4.40 Å². The molecule has 16 heavy (non-hydrogen) atoms. The molecule has 3 rings (SSSR count). The van der Waals surface area contributed by atoms with Crippen molar-refractivity contribution in [1.29, 1.82) is 0 Å². The van der Waals surface area contributed by atoms with E-state index < -0.39 is 0 Å². The van der Waals surface area contributed by atoms with Gasteiger partial charge < -0.3 is 10.8 Å². The maximum atomic E-state index is 9.51. The minimum atomic E-state index is 0.219. The fourth-order valence-corrected chi connectivity index (χ4v) is 1.86. The Labute approximate surface area is 91.1 Å². The van der Waals surface area contributed by atoms with Gasteiger partial charge in [-0.25, -0.2) is 0 Å². The Kier molecular flexibility index (Phi) is 1.81. The molecular formula is C11H10N4O. The van der Waals surface area contributed by atoms with Crippen molar-refractivity contribution < 1.29 is 5.11 Å². The molecule has 0 saturated heterocycles. The van der Waals surface area contributed by atoms with E-state index in [2.05, 4.69) is 10.2 Å². The third-order valence-corrected chi connectivity index (χ3v) is 2.60. The molecule has 0 bridgehead atoms. The fraction of sp³-hybridized carbons (Fsp3) is 0.0909. The van der Waals surface area contributed by atoms with Crippen molar-refractivity contribution in [1.82, 2.24) is 14.6 Å². The van der Waals surface area contributed by atoms with Crippen LogP contribution in [0.5, 0.6) is 5.75 Å². The number of phenolic OH excluding ortho intramolecular Hbond substituents is 1. The minimum Gasteiger partial charge on any atom is -0.508 e. The van der Waals surface area contributed by atoms with Gasteiger partial charge in [0.2, 0.25) is 0 Å². The zero-order chi connectivity index (χ0) is 11.1. The molecule has 0 aliphatic carbocycles. The smallest absolute Gasteiger partial charge is 0.161 e. The highest BCUT2D eigenvalue weighted by Gasteiger charge is 2.07. The fourth-order valence-electron chi connectivity index (χ4n) is 1.86. The van der Waals surface area contributed by atoms with Crippen LogP contribution in [-0.2, 0) is 6.54 Å². The topological polar surface area (TPSA) is 76.4 Å². The van der Waals surface area contributed by atoms with E-state index in [1.54, 1.807) is 12.1 Å². The van der Waals surface area contributed by atoms with Crippen LogP contribution in [0.25, 0.3) is 16.6 Å². The molecule has 0 saturated carbocycles. The predicted octanol–water partition coefficient (Wildman–Crippen LogP) is 1.05. The minimum absolute atomic E-state index is 0.219. The lowest BCUT2D eigenvalue weighted by atomic mass is 10.2. The van der Waals surface area contributed by atoms with Gasteiger partial charge in [-0.15, -0.1) is 10.2 Å². The predicted molar refractivity (Wildman–Crippen MR) is 60.0 cm³/mol. The molecule has 2 heterocycles. The Balaban J connectivity index is 2.54. The summed E-state index contributed by atoms with van der Waals surface area (Å²) in [5.41, 5.74) is 7.20. The number of benzene rings is 1. The van der Waals surface area contributed by atoms with E-state index >= 15 is 0 Å². The number of nitrogens with zero attached hydrogens (tertiary/aromatic N) is 3. The van der Waals surface area contributed by atoms with Gasteiger partial charge in [-0.1, -0.05) is 0 Å². The maximum absolute atomic E-state index is 9.51. The van der Waals surface area contributed by atoms with Crippen LogP contribution in [0.1, 0.15) is 5.82 Å². The van der Waals surface area contributed by atoms with Crippen LogP contribution in [0.2, 0.25) is 0 Å². The summed E-state index contributed by atoms with van der Waals surface area (Å²) in [6.07, 6.45) is 0. The number of fused-ring (bicyclic) bond motifs is 3.